The highest BCUT2D eigenvalue weighted by Gasteiger charge is 2.28. The second-order valence-electron chi connectivity index (χ2n) is 5.88. The van der Waals surface area contributed by atoms with Crippen molar-refractivity contribution in [3.05, 3.63) is 77.4 Å². The van der Waals surface area contributed by atoms with E-state index in [2.05, 4.69) is 15.8 Å². The molecule has 0 aromatic heterocycles. The van der Waals surface area contributed by atoms with Crippen LogP contribution in [0.3, 0.4) is 0 Å². The molecular formula is C20H15N3OS. The summed E-state index contributed by atoms with van der Waals surface area (Å²) in [6, 6.07) is 19.4. The number of Topliss-reactive ketones (excluding diaryl/α,β-unsaturated/α-hetero) is 1. The topological polar surface area (TPSA) is 53.5 Å². The molecule has 0 fully saturated rings. The number of ketones is 1. The molecule has 2 N–H and O–H groups in total. The number of para-hydroxylation sites is 1. The molecule has 4 rings (SSSR count). The lowest BCUT2D eigenvalue weighted by atomic mass is 10.1. The summed E-state index contributed by atoms with van der Waals surface area (Å²) in [5, 5.41) is 9.71. The number of hydrazone groups is 1. The quantitative estimate of drug-likeness (QED) is 0.544. The fourth-order valence-corrected chi connectivity index (χ4v) is 3.21. The Balaban J connectivity index is 1.61. The number of nitrogens with one attached hydrogen (secondary N) is 2. The molecule has 0 saturated carbocycles. The van der Waals surface area contributed by atoms with Gasteiger partial charge in [0.2, 0.25) is 5.78 Å². The Hall–Kier alpha value is -3.05. The van der Waals surface area contributed by atoms with Crippen LogP contribution in [-0.2, 0) is 0 Å². The fraction of sp³-hybridized carbons (Fsp3) is 0.0500. The number of benzene rings is 3. The van der Waals surface area contributed by atoms with Crippen LogP contribution in [0.5, 0.6) is 0 Å². The molecule has 3 aromatic rings. The van der Waals surface area contributed by atoms with Gasteiger partial charge >= 0.3 is 0 Å². The van der Waals surface area contributed by atoms with E-state index in [9.17, 15) is 4.79 Å². The van der Waals surface area contributed by atoms with Gasteiger partial charge in [-0.05, 0) is 36.2 Å². The van der Waals surface area contributed by atoms with Crippen LogP contribution < -0.4 is 10.7 Å². The standard InChI is InChI=1S/C20H15N3OS/c1-12-6-2-3-11-16(12)21-20(25)23-22-18-14-9-4-7-13-8-5-10-15(17(13)14)19(18)24/h2-11H,1H3,(H2,21,23,25)/b22-18-. The third kappa shape index (κ3) is 2.68. The van der Waals surface area contributed by atoms with Crippen molar-refractivity contribution >= 4 is 45.3 Å². The first-order chi connectivity index (χ1) is 12.1. The summed E-state index contributed by atoms with van der Waals surface area (Å²) in [7, 11) is 0. The van der Waals surface area contributed by atoms with Gasteiger partial charge in [-0.3, -0.25) is 10.2 Å². The molecule has 1 aliphatic rings. The van der Waals surface area contributed by atoms with Gasteiger partial charge in [-0.25, -0.2) is 0 Å². The third-order valence-electron chi connectivity index (χ3n) is 4.28. The molecule has 0 bridgehead atoms. The first kappa shape index (κ1) is 15.5. The molecule has 1 aliphatic carbocycles. The zero-order chi connectivity index (χ0) is 17.4. The summed E-state index contributed by atoms with van der Waals surface area (Å²) in [6.07, 6.45) is 0. The van der Waals surface area contributed by atoms with Gasteiger partial charge in [0.05, 0.1) is 0 Å². The van der Waals surface area contributed by atoms with Gasteiger partial charge in [0.25, 0.3) is 0 Å². The lowest BCUT2D eigenvalue weighted by Crippen LogP contribution is -2.26. The molecule has 122 valence electrons. The molecule has 0 amide bonds. The molecule has 5 heteroatoms. The minimum atomic E-state index is -0.0852. The van der Waals surface area contributed by atoms with Crippen molar-refractivity contribution in [3.8, 4) is 0 Å². The number of carbonyl (C=O) groups excluding carboxylic acids is 1. The van der Waals surface area contributed by atoms with Gasteiger partial charge in [-0.1, -0.05) is 54.6 Å². The van der Waals surface area contributed by atoms with Crippen molar-refractivity contribution < 1.29 is 4.79 Å². The lowest BCUT2D eigenvalue weighted by Gasteiger charge is -2.10. The predicted molar refractivity (Wildman–Crippen MR) is 105 cm³/mol. The van der Waals surface area contributed by atoms with Crippen molar-refractivity contribution in [2.75, 3.05) is 5.32 Å². The number of aryl methyl sites for hydroxylation is 1. The molecule has 25 heavy (non-hydrogen) atoms. The van der Waals surface area contributed by atoms with E-state index in [4.69, 9.17) is 12.2 Å². The molecule has 0 aliphatic heterocycles. The first-order valence-corrected chi connectivity index (χ1v) is 8.33. The van der Waals surface area contributed by atoms with E-state index in [1.807, 2.05) is 67.6 Å². The van der Waals surface area contributed by atoms with Crippen LogP contribution in [-0.4, -0.2) is 16.6 Å². The molecule has 0 heterocycles. The summed E-state index contributed by atoms with van der Waals surface area (Å²) in [6.45, 7) is 1.99. The van der Waals surface area contributed by atoms with Gasteiger partial charge in [-0.2, -0.15) is 5.10 Å². The minimum Gasteiger partial charge on any atom is -0.331 e. The number of hydrogen-bond acceptors (Lipinski definition) is 3. The molecule has 0 radical (unpaired) electrons. The summed E-state index contributed by atoms with van der Waals surface area (Å²) in [4.78, 5) is 12.7. The second kappa shape index (κ2) is 6.11. The van der Waals surface area contributed by atoms with Crippen LogP contribution >= 0.6 is 12.2 Å². The third-order valence-corrected chi connectivity index (χ3v) is 4.48. The van der Waals surface area contributed by atoms with Crippen molar-refractivity contribution in [1.82, 2.24) is 5.43 Å². The van der Waals surface area contributed by atoms with Crippen LogP contribution in [0, 0.1) is 6.92 Å². The van der Waals surface area contributed by atoms with Crippen LogP contribution in [0.25, 0.3) is 10.8 Å². The number of nitrogens with zero attached hydrogens (tertiary/aromatic N) is 1. The summed E-state index contributed by atoms with van der Waals surface area (Å²) >= 11 is 5.30. The van der Waals surface area contributed by atoms with Crippen molar-refractivity contribution in [2.24, 2.45) is 5.10 Å². The monoisotopic (exact) mass is 345 g/mol. The van der Waals surface area contributed by atoms with Crippen LogP contribution in [0.15, 0.2) is 65.8 Å². The van der Waals surface area contributed by atoms with E-state index < -0.39 is 0 Å². The number of thiocarbonyl (C=S) groups is 1. The van der Waals surface area contributed by atoms with Gasteiger partial charge < -0.3 is 5.32 Å². The second-order valence-corrected chi connectivity index (χ2v) is 6.29. The van der Waals surface area contributed by atoms with Gasteiger partial charge in [-0.15, -0.1) is 0 Å². The highest BCUT2D eigenvalue weighted by Crippen LogP contribution is 2.30. The summed E-state index contributed by atoms with van der Waals surface area (Å²) in [5.74, 6) is -0.0852. The number of carbonyl (C=O) groups is 1. The van der Waals surface area contributed by atoms with Gasteiger partial charge in [0, 0.05) is 22.2 Å². The van der Waals surface area contributed by atoms with Gasteiger partial charge in [0.1, 0.15) is 5.71 Å². The molecular weight excluding hydrogens is 330 g/mol. The summed E-state index contributed by atoms with van der Waals surface area (Å²) < 4.78 is 0. The van der Waals surface area contributed by atoms with E-state index in [1.54, 1.807) is 0 Å². The van der Waals surface area contributed by atoms with Crippen molar-refractivity contribution in [2.45, 2.75) is 6.92 Å². The van der Waals surface area contributed by atoms with E-state index in [1.165, 1.54) is 0 Å². The highest BCUT2D eigenvalue weighted by atomic mass is 32.1. The maximum Gasteiger partial charge on any atom is 0.214 e. The Kier molecular flexibility index (Phi) is 3.78. The maximum atomic E-state index is 12.7. The Labute approximate surface area is 150 Å². The SMILES string of the molecule is Cc1ccccc1NC(=S)N/N=C1\C(=O)c2cccc3cccc1c23. The van der Waals surface area contributed by atoms with Crippen LogP contribution in [0.1, 0.15) is 21.5 Å². The summed E-state index contributed by atoms with van der Waals surface area (Å²) in [5.41, 5.74) is 6.69. The predicted octanol–water partition coefficient (Wildman–Crippen LogP) is 4.04. The van der Waals surface area contributed by atoms with Crippen LogP contribution in [0.4, 0.5) is 5.69 Å². The average Bonchev–Trinajstić information content (AvgIpc) is 2.90. The molecule has 0 saturated heterocycles. The highest BCUT2D eigenvalue weighted by molar-refractivity contribution is 7.80. The molecule has 4 nitrogen and oxygen atoms in total. The minimum absolute atomic E-state index is 0.0852. The molecule has 0 spiro atoms. The largest absolute Gasteiger partial charge is 0.331 e. The van der Waals surface area contributed by atoms with Crippen LogP contribution in [0.2, 0.25) is 0 Å². The number of hydrogen-bond donors (Lipinski definition) is 2. The van der Waals surface area contributed by atoms with E-state index in [-0.39, 0.29) is 5.78 Å². The first-order valence-electron chi connectivity index (χ1n) is 7.92. The molecule has 0 unspecified atom stereocenters. The molecule has 0 atom stereocenters. The van der Waals surface area contributed by atoms with Crippen molar-refractivity contribution in [3.63, 3.8) is 0 Å². The Morgan fingerprint density at radius 1 is 0.960 bits per heavy atom. The van der Waals surface area contributed by atoms with Crippen molar-refractivity contribution in [1.29, 1.82) is 0 Å². The normalized spacial score (nSPS) is 14.1. The van der Waals surface area contributed by atoms with E-state index >= 15 is 0 Å². The average molecular weight is 345 g/mol. The smallest absolute Gasteiger partial charge is 0.214 e. The molecule has 3 aromatic carbocycles. The Morgan fingerprint density at radius 2 is 1.68 bits per heavy atom. The Morgan fingerprint density at radius 3 is 2.44 bits per heavy atom. The van der Waals surface area contributed by atoms with E-state index in [0.29, 0.717) is 16.4 Å². The van der Waals surface area contributed by atoms with Gasteiger partial charge in [0.15, 0.2) is 5.11 Å². The maximum absolute atomic E-state index is 12.7. The zero-order valence-corrected chi connectivity index (χ0v) is 14.4. The fourth-order valence-electron chi connectivity index (χ4n) is 3.06. The lowest BCUT2D eigenvalue weighted by molar-refractivity contribution is 0.106. The Bertz CT molecular complexity index is 1050. The zero-order valence-electron chi connectivity index (χ0n) is 13.5. The number of anilines is 1. The number of rotatable bonds is 2. The van der Waals surface area contributed by atoms with E-state index in [0.717, 1.165) is 27.6 Å².